The number of hydrogen-bond donors (Lipinski definition) is 2. The van der Waals surface area contributed by atoms with Crippen LogP contribution >= 0.6 is 0 Å². The molecule has 0 aromatic heterocycles. The quantitative estimate of drug-likeness (QED) is 0.579. The van der Waals surface area contributed by atoms with Crippen LogP contribution in [0.3, 0.4) is 0 Å². The van der Waals surface area contributed by atoms with E-state index in [1.165, 1.54) is 7.11 Å². The number of carbonyl (C=O) groups is 2. The lowest BCUT2D eigenvalue weighted by molar-refractivity contribution is -0.139. The molecule has 0 aromatic carbocycles. The van der Waals surface area contributed by atoms with Gasteiger partial charge in [0, 0.05) is 5.92 Å². The molecule has 0 aliphatic heterocycles. The van der Waals surface area contributed by atoms with Crippen LogP contribution in [0.1, 0.15) is 41.0 Å². The number of nitrogens with one attached hydrogen (secondary N) is 1. The summed E-state index contributed by atoms with van der Waals surface area (Å²) < 4.78 is 9.64. The van der Waals surface area contributed by atoms with Crippen molar-refractivity contribution in [3.8, 4) is 0 Å². The monoisotopic (exact) mass is 301 g/mol. The minimum atomic E-state index is -0.786. The van der Waals surface area contributed by atoms with E-state index in [-0.39, 0.29) is 18.3 Å². The molecule has 122 valence electrons. The van der Waals surface area contributed by atoms with Gasteiger partial charge in [0.15, 0.2) is 0 Å². The highest BCUT2D eigenvalue weighted by atomic mass is 16.6. The number of carbonyl (C=O) groups excluding carboxylic acids is 2. The normalized spacial score (nSPS) is 16.1. The highest BCUT2D eigenvalue weighted by Gasteiger charge is 2.23. The van der Waals surface area contributed by atoms with Crippen molar-refractivity contribution in [2.75, 3.05) is 7.11 Å². The molecule has 3 atom stereocenters. The number of aliphatic hydroxyl groups excluding tert-OH is 1. The van der Waals surface area contributed by atoms with Gasteiger partial charge in [-0.15, -0.1) is 0 Å². The summed E-state index contributed by atoms with van der Waals surface area (Å²) in [6.45, 7) is 8.80. The molecule has 0 aromatic rings. The van der Waals surface area contributed by atoms with Gasteiger partial charge in [0.25, 0.3) is 0 Å². The molecule has 0 unspecified atom stereocenters. The summed E-state index contributed by atoms with van der Waals surface area (Å²) in [7, 11) is 1.32. The SMILES string of the molecule is COC(=O)C/C=C/[C@H](C)[C@@H](O)[C@H](C)NC(=O)OC(C)(C)C. The van der Waals surface area contributed by atoms with E-state index in [1.54, 1.807) is 46.8 Å². The van der Waals surface area contributed by atoms with Crippen molar-refractivity contribution in [1.82, 2.24) is 5.32 Å². The number of amides is 1. The summed E-state index contributed by atoms with van der Waals surface area (Å²) in [4.78, 5) is 22.6. The molecular weight excluding hydrogens is 274 g/mol. The first-order valence-corrected chi connectivity index (χ1v) is 6.98. The predicted octanol–water partition coefficient (Wildman–Crippen LogP) is 2.02. The Labute approximate surface area is 126 Å². The van der Waals surface area contributed by atoms with Crippen molar-refractivity contribution in [2.45, 2.75) is 58.8 Å². The van der Waals surface area contributed by atoms with Crippen LogP contribution in [0.15, 0.2) is 12.2 Å². The van der Waals surface area contributed by atoms with Gasteiger partial charge in [-0.25, -0.2) is 4.79 Å². The summed E-state index contributed by atoms with van der Waals surface area (Å²) in [5.74, 6) is -0.563. The zero-order valence-corrected chi connectivity index (χ0v) is 13.7. The molecule has 2 N–H and O–H groups in total. The van der Waals surface area contributed by atoms with Crippen LogP contribution in [0, 0.1) is 5.92 Å². The summed E-state index contributed by atoms with van der Waals surface area (Å²) in [6.07, 6.45) is 2.15. The number of alkyl carbamates (subject to hydrolysis) is 1. The fourth-order valence-corrected chi connectivity index (χ4v) is 1.61. The van der Waals surface area contributed by atoms with E-state index in [1.807, 2.05) is 0 Å². The summed E-state index contributed by atoms with van der Waals surface area (Å²) in [5, 5.41) is 12.7. The molecular formula is C15H27NO5. The van der Waals surface area contributed by atoms with Crippen LogP contribution in [0.2, 0.25) is 0 Å². The Morgan fingerprint density at radius 1 is 1.29 bits per heavy atom. The van der Waals surface area contributed by atoms with Crippen LogP contribution < -0.4 is 5.32 Å². The van der Waals surface area contributed by atoms with Crippen molar-refractivity contribution >= 4 is 12.1 Å². The lowest BCUT2D eigenvalue weighted by atomic mass is 9.98. The third kappa shape index (κ3) is 9.07. The molecule has 6 heteroatoms. The Hall–Kier alpha value is -1.56. The van der Waals surface area contributed by atoms with Gasteiger partial charge in [0.05, 0.1) is 25.7 Å². The van der Waals surface area contributed by atoms with E-state index in [2.05, 4.69) is 10.1 Å². The first-order valence-electron chi connectivity index (χ1n) is 6.98. The van der Waals surface area contributed by atoms with Gasteiger partial charge in [0.2, 0.25) is 0 Å². The first kappa shape index (κ1) is 19.4. The van der Waals surface area contributed by atoms with Gasteiger partial charge in [-0.3, -0.25) is 4.79 Å². The zero-order chi connectivity index (χ0) is 16.6. The van der Waals surface area contributed by atoms with Crippen LogP contribution in [0.5, 0.6) is 0 Å². The largest absolute Gasteiger partial charge is 0.469 e. The molecule has 0 aliphatic carbocycles. The molecule has 1 amide bonds. The molecule has 0 fully saturated rings. The molecule has 0 aliphatic rings. The number of ether oxygens (including phenoxy) is 2. The zero-order valence-electron chi connectivity index (χ0n) is 13.7. The van der Waals surface area contributed by atoms with Gasteiger partial charge < -0.3 is 19.9 Å². The molecule has 0 saturated carbocycles. The second-order valence-corrected chi connectivity index (χ2v) is 5.99. The summed E-state index contributed by atoms with van der Waals surface area (Å²) in [5.41, 5.74) is -0.583. The minimum Gasteiger partial charge on any atom is -0.469 e. The van der Waals surface area contributed by atoms with E-state index >= 15 is 0 Å². The van der Waals surface area contributed by atoms with Crippen LogP contribution in [-0.2, 0) is 14.3 Å². The second kappa shape index (κ2) is 8.67. The van der Waals surface area contributed by atoms with E-state index in [0.29, 0.717) is 0 Å². The number of hydrogen-bond acceptors (Lipinski definition) is 5. The van der Waals surface area contributed by atoms with Gasteiger partial charge in [-0.05, 0) is 27.7 Å². The minimum absolute atomic E-state index is 0.154. The van der Waals surface area contributed by atoms with Gasteiger partial charge >= 0.3 is 12.1 Å². The fraction of sp³-hybridized carbons (Fsp3) is 0.733. The Balaban J connectivity index is 4.33. The molecule has 0 saturated heterocycles. The van der Waals surface area contributed by atoms with Gasteiger partial charge in [0.1, 0.15) is 5.60 Å². The highest BCUT2D eigenvalue weighted by molar-refractivity contribution is 5.70. The Morgan fingerprint density at radius 2 is 1.86 bits per heavy atom. The second-order valence-electron chi connectivity index (χ2n) is 5.99. The Kier molecular flexibility index (Phi) is 8.02. The Morgan fingerprint density at radius 3 is 2.33 bits per heavy atom. The van der Waals surface area contributed by atoms with Crippen molar-refractivity contribution in [3.63, 3.8) is 0 Å². The topological polar surface area (TPSA) is 84.9 Å². The van der Waals surface area contributed by atoms with Crippen molar-refractivity contribution < 1.29 is 24.2 Å². The number of rotatable bonds is 6. The van der Waals surface area contributed by atoms with Crippen molar-refractivity contribution in [1.29, 1.82) is 0 Å². The molecule has 0 bridgehead atoms. The summed E-state index contributed by atoms with van der Waals surface area (Å²) in [6, 6.07) is -0.474. The number of aliphatic hydroxyl groups is 1. The average molecular weight is 301 g/mol. The average Bonchev–Trinajstić information content (AvgIpc) is 2.34. The third-order valence-corrected chi connectivity index (χ3v) is 2.75. The van der Waals surface area contributed by atoms with Crippen molar-refractivity contribution in [2.24, 2.45) is 5.92 Å². The van der Waals surface area contributed by atoms with Crippen LogP contribution in [-0.4, -0.2) is 42.0 Å². The molecule has 0 spiro atoms. The third-order valence-electron chi connectivity index (χ3n) is 2.75. The van der Waals surface area contributed by atoms with E-state index in [9.17, 15) is 14.7 Å². The molecule has 0 heterocycles. The maximum Gasteiger partial charge on any atom is 0.407 e. The summed E-state index contributed by atoms with van der Waals surface area (Å²) >= 11 is 0. The molecule has 0 radical (unpaired) electrons. The molecule has 6 nitrogen and oxygen atoms in total. The standard InChI is InChI=1S/C15H27NO5/c1-10(8-7-9-12(17)20-6)13(18)11(2)16-14(19)21-15(3,4)5/h7-8,10-11,13,18H,9H2,1-6H3,(H,16,19)/b8-7+/t10-,11-,13+/m0/s1. The van der Waals surface area contributed by atoms with Crippen molar-refractivity contribution in [3.05, 3.63) is 12.2 Å². The van der Waals surface area contributed by atoms with Crippen LogP contribution in [0.25, 0.3) is 0 Å². The lowest BCUT2D eigenvalue weighted by Crippen LogP contribution is -2.45. The number of esters is 1. The van der Waals surface area contributed by atoms with E-state index in [0.717, 1.165) is 0 Å². The Bertz CT molecular complexity index is 373. The fourth-order valence-electron chi connectivity index (χ4n) is 1.61. The molecule has 21 heavy (non-hydrogen) atoms. The van der Waals surface area contributed by atoms with Crippen LogP contribution in [0.4, 0.5) is 4.79 Å². The van der Waals surface area contributed by atoms with E-state index in [4.69, 9.17) is 4.74 Å². The first-order chi connectivity index (χ1) is 9.56. The van der Waals surface area contributed by atoms with Gasteiger partial charge in [-0.1, -0.05) is 19.1 Å². The van der Waals surface area contributed by atoms with E-state index < -0.39 is 23.8 Å². The molecule has 0 rings (SSSR count). The smallest absolute Gasteiger partial charge is 0.407 e. The highest BCUT2D eigenvalue weighted by Crippen LogP contribution is 2.11. The predicted molar refractivity (Wildman–Crippen MR) is 79.8 cm³/mol. The lowest BCUT2D eigenvalue weighted by Gasteiger charge is -2.26. The maximum absolute atomic E-state index is 11.6. The van der Waals surface area contributed by atoms with Gasteiger partial charge in [-0.2, -0.15) is 0 Å². The maximum atomic E-state index is 11.6. The number of methoxy groups -OCH3 is 1.